The second-order valence-corrected chi connectivity index (χ2v) is 10.4. The second kappa shape index (κ2) is 8.45. The van der Waals surface area contributed by atoms with E-state index in [-0.39, 0.29) is 10.4 Å². The minimum absolute atomic E-state index is 0.250. The molecule has 0 nitrogen and oxygen atoms in total. The Morgan fingerprint density at radius 1 is 0.906 bits per heavy atom. The van der Waals surface area contributed by atoms with Crippen molar-refractivity contribution in [3.63, 3.8) is 0 Å². The lowest BCUT2D eigenvalue weighted by atomic mass is 9.98. The smallest absolute Gasteiger partial charge is 0.194 e. The maximum atomic E-state index is 14.9. The molecule has 0 fully saturated rings. The van der Waals surface area contributed by atoms with E-state index in [2.05, 4.69) is 5.25 Å². The molecule has 0 spiro atoms. The normalized spacial score (nSPS) is 19.0. The van der Waals surface area contributed by atoms with E-state index in [1.165, 1.54) is 39.5 Å². The van der Waals surface area contributed by atoms with Crippen molar-refractivity contribution in [3.8, 4) is 31.2 Å². The Hall–Kier alpha value is -1.93. The highest BCUT2D eigenvalue weighted by atomic mass is 32.2. The summed E-state index contributed by atoms with van der Waals surface area (Å²) in [4.78, 5) is 2.62. The van der Waals surface area contributed by atoms with E-state index in [1.807, 2.05) is 17.5 Å². The molecule has 3 aromatic rings. The first-order valence-corrected chi connectivity index (χ1v) is 12.4. The van der Waals surface area contributed by atoms with Crippen molar-refractivity contribution in [2.45, 2.75) is 24.2 Å². The monoisotopic (exact) mass is 518 g/mol. The molecule has 0 aliphatic heterocycles. The van der Waals surface area contributed by atoms with Gasteiger partial charge in [-0.15, -0.1) is 40.4 Å². The Balaban J connectivity index is 1.85. The number of rotatable bonds is 6. The fraction of sp³-hybridized carbons (Fsp3) is 0.182. The number of halogens is 6. The Kier molecular flexibility index (Phi) is 6.13. The van der Waals surface area contributed by atoms with Gasteiger partial charge in [0.25, 0.3) is 0 Å². The van der Waals surface area contributed by atoms with Gasteiger partial charge in [0, 0.05) is 31.3 Å². The summed E-state index contributed by atoms with van der Waals surface area (Å²) in [5.74, 6) is -15.6. The minimum Gasteiger partial charge on any atom is -0.194 e. The predicted molar refractivity (Wildman–Crippen MR) is 123 cm³/mol. The van der Waals surface area contributed by atoms with Gasteiger partial charge in [0.2, 0.25) is 0 Å². The zero-order valence-electron chi connectivity index (χ0n) is 15.9. The summed E-state index contributed by atoms with van der Waals surface area (Å²) in [5.41, 5.74) is -2.91. The van der Waals surface area contributed by atoms with Crippen molar-refractivity contribution < 1.29 is 26.3 Å². The van der Waals surface area contributed by atoms with Gasteiger partial charge in [-0.25, -0.2) is 0 Å². The molecule has 0 saturated carbocycles. The number of thioether (sulfide) groups is 1. The highest BCUT2D eigenvalue weighted by Crippen LogP contribution is 2.64. The Bertz CT molecular complexity index is 1220. The van der Waals surface area contributed by atoms with E-state index in [0.717, 1.165) is 38.9 Å². The molecule has 3 aromatic heterocycles. The topological polar surface area (TPSA) is 0 Å². The quantitative estimate of drug-likeness (QED) is 0.232. The van der Waals surface area contributed by atoms with Gasteiger partial charge in [0.15, 0.2) is 0 Å². The summed E-state index contributed by atoms with van der Waals surface area (Å²) in [6.45, 7) is 0. The van der Waals surface area contributed by atoms with Gasteiger partial charge in [-0.1, -0.05) is 12.1 Å². The Labute approximate surface area is 196 Å². The van der Waals surface area contributed by atoms with Crippen molar-refractivity contribution in [1.29, 1.82) is 0 Å². The summed E-state index contributed by atoms with van der Waals surface area (Å²) in [6, 6.07) is 8.43. The van der Waals surface area contributed by atoms with Crippen LogP contribution in [0.2, 0.25) is 0 Å². The number of hydrogen-bond donors (Lipinski definition) is 0. The largest absolute Gasteiger partial charge is 0.380 e. The van der Waals surface area contributed by atoms with Gasteiger partial charge in [-0.3, -0.25) is 0 Å². The van der Waals surface area contributed by atoms with Crippen molar-refractivity contribution >= 4 is 51.3 Å². The van der Waals surface area contributed by atoms with Crippen molar-refractivity contribution in [3.05, 3.63) is 63.7 Å². The van der Waals surface area contributed by atoms with Crippen LogP contribution in [0, 0.1) is 11.7 Å². The molecule has 0 aromatic carbocycles. The molecule has 0 bridgehead atoms. The second-order valence-electron chi connectivity index (χ2n) is 6.69. The van der Waals surface area contributed by atoms with Crippen LogP contribution in [0.15, 0.2) is 58.1 Å². The lowest BCUT2D eigenvalue weighted by Gasteiger charge is -2.25. The maximum Gasteiger partial charge on any atom is 0.380 e. The average molecular weight is 519 g/mol. The highest BCUT2D eigenvalue weighted by molar-refractivity contribution is 8.06. The van der Waals surface area contributed by atoms with Crippen LogP contribution in [0.25, 0.3) is 25.1 Å². The van der Waals surface area contributed by atoms with Crippen LogP contribution in [0.3, 0.4) is 0 Å². The standard InChI is InChI=1S/C22H12F6S4/c1-2-29-10-3-5-14-18(21(25,26)22(27,28)20(14,23)24)13-9-12-31-19(13)17-8-7-16(32-17)15-6-4-11-30-15/h1,3-4,6-12H,5H2/b10-3-. The van der Waals surface area contributed by atoms with Crippen LogP contribution in [0.4, 0.5) is 26.3 Å². The van der Waals surface area contributed by atoms with Gasteiger partial charge < -0.3 is 0 Å². The SMILES string of the molecule is C#CS/C=C\CC1=C(c2ccsc2-c2ccc(-c3cccs3)s2)C(F)(F)C(F)(F)C1(F)F. The first-order valence-electron chi connectivity index (χ1n) is 8.98. The number of terminal acetylenes is 1. The average Bonchev–Trinajstić information content (AvgIpc) is 3.50. The summed E-state index contributed by atoms with van der Waals surface area (Å²) in [7, 11) is 0. The molecular weight excluding hydrogens is 506 g/mol. The summed E-state index contributed by atoms with van der Waals surface area (Å²) < 4.78 is 87.5. The molecule has 0 unspecified atom stereocenters. The molecule has 1 aliphatic carbocycles. The predicted octanol–water partition coefficient (Wildman–Crippen LogP) is 9.11. The Morgan fingerprint density at radius 2 is 1.66 bits per heavy atom. The first kappa shape index (κ1) is 23.2. The number of allylic oxidation sites excluding steroid dienone is 3. The van der Waals surface area contributed by atoms with E-state index in [0.29, 0.717) is 4.88 Å². The van der Waals surface area contributed by atoms with Gasteiger partial charge >= 0.3 is 17.8 Å². The third-order valence-corrected chi connectivity index (χ3v) is 8.58. The third-order valence-electron chi connectivity index (χ3n) is 4.87. The lowest BCUT2D eigenvalue weighted by Crippen LogP contribution is -2.49. The number of alkyl halides is 6. The molecule has 0 radical (unpaired) electrons. The summed E-state index contributed by atoms with van der Waals surface area (Å²) >= 11 is 4.62. The van der Waals surface area contributed by atoms with Gasteiger partial charge in [-0.2, -0.15) is 26.3 Å². The van der Waals surface area contributed by atoms with E-state index in [9.17, 15) is 26.3 Å². The molecule has 3 heterocycles. The van der Waals surface area contributed by atoms with Crippen LogP contribution < -0.4 is 0 Å². The molecule has 0 atom stereocenters. The molecule has 0 N–H and O–H groups in total. The third kappa shape index (κ3) is 3.55. The first-order chi connectivity index (χ1) is 15.1. The molecular formula is C22H12F6S4. The van der Waals surface area contributed by atoms with E-state index in [1.54, 1.807) is 12.1 Å². The van der Waals surface area contributed by atoms with E-state index < -0.39 is 35.3 Å². The molecule has 0 amide bonds. The van der Waals surface area contributed by atoms with Crippen LogP contribution in [0.1, 0.15) is 12.0 Å². The van der Waals surface area contributed by atoms with Gasteiger partial charge in [0.1, 0.15) is 0 Å². The van der Waals surface area contributed by atoms with Gasteiger partial charge in [0.05, 0.1) is 4.88 Å². The van der Waals surface area contributed by atoms with Crippen molar-refractivity contribution in [1.82, 2.24) is 0 Å². The summed E-state index contributed by atoms with van der Waals surface area (Å²) in [5, 5.41) is 6.72. The molecule has 1 aliphatic rings. The Morgan fingerprint density at radius 3 is 2.34 bits per heavy atom. The minimum atomic E-state index is -5.55. The maximum absolute atomic E-state index is 14.9. The van der Waals surface area contributed by atoms with E-state index >= 15 is 0 Å². The van der Waals surface area contributed by atoms with Crippen LogP contribution in [0.5, 0.6) is 0 Å². The molecule has 4 rings (SSSR count). The highest BCUT2D eigenvalue weighted by Gasteiger charge is 2.79. The fourth-order valence-corrected chi connectivity index (χ4v) is 6.57. The van der Waals surface area contributed by atoms with Crippen LogP contribution >= 0.6 is 45.8 Å². The molecule has 10 heteroatoms. The zero-order valence-corrected chi connectivity index (χ0v) is 19.1. The zero-order chi connectivity index (χ0) is 23.1. The molecule has 32 heavy (non-hydrogen) atoms. The summed E-state index contributed by atoms with van der Waals surface area (Å²) in [6.07, 6.45) is 5.37. The number of thiophene rings is 3. The van der Waals surface area contributed by atoms with Crippen molar-refractivity contribution in [2.24, 2.45) is 0 Å². The fourth-order valence-electron chi connectivity index (χ4n) is 3.41. The van der Waals surface area contributed by atoms with Crippen molar-refractivity contribution in [2.75, 3.05) is 0 Å². The van der Waals surface area contributed by atoms with Crippen LogP contribution in [-0.4, -0.2) is 17.8 Å². The lowest BCUT2D eigenvalue weighted by molar-refractivity contribution is -0.260. The molecule has 0 saturated heterocycles. The van der Waals surface area contributed by atoms with E-state index in [4.69, 9.17) is 6.42 Å². The molecule has 166 valence electrons. The number of hydrogen-bond acceptors (Lipinski definition) is 4. The van der Waals surface area contributed by atoms with Crippen LogP contribution in [-0.2, 0) is 0 Å². The van der Waals surface area contributed by atoms with Gasteiger partial charge in [-0.05, 0) is 63.9 Å².